The number of aryl methyl sites for hydroxylation is 1. The van der Waals surface area contributed by atoms with Crippen LogP contribution in [-0.4, -0.2) is 29.2 Å². The molecule has 0 spiro atoms. The summed E-state index contributed by atoms with van der Waals surface area (Å²) in [6, 6.07) is 3.20. The molecule has 2 amide bonds. The second kappa shape index (κ2) is 10.3. The lowest BCUT2D eigenvalue weighted by Gasteiger charge is -2.07. The van der Waals surface area contributed by atoms with Gasteiger partial charge in [-0.05, 0) is 43.0 Å². The summed E-state index contributed by atoms with van der Waals surface area (Å²) in [6.07, 6.45) is 8.07. The van der Waals surface area contributed by atoms with Crippen LogP contribution >= 0.6 is 22.9 Å². The number of ether oxygens (including phenoxy) is 1. The van der Waals surface area contributed by atoms with Gasteiger partial charge in [0.05, 0.1) is 23.3 Å². The molecule has 142 valence electrons. The number of pyridine rings is 1. The van der Waals surface area contributed by atoms with Gasteiger partial charge in [0, 0.05) is 11.2 Å². The maximum Gasteiger partial charge on any atom is 0.321 e. The number of nitrogens with one attached hydrogen (secondary N) is 2. The first-order valence-corrected chi connectivity index (χ1v) is 9.19. The van der Waals surface area contributed by atoms with Crippen LogP contribution in [0.15, 0.2) is 54.5 Å². The summed E-state index contributed by atoms with van der Waals surface area (Å²) in [7, 11) is 0. The largest absolute Gasteiger partial charge is 0.490 e. The smallest absolute Gasteiger partial charge is 0.321 e. The van der Waals surface area contributed by atoms with Crippen LogP contribution in [0, 0.1) is 6.92 Å². The second-order valence-electron chi connectivity index (χ2n) is 5.26. The van der Waals surface area contributed by atoms with Crippen molar-refractivity contribution in [1.82, 2.24) is 15.3 Å². The van der Waals surface area contributed by atoms with Gasteiger partial charge in [-0.2, -0.15) is 0 Å². The fourth-order valence-corrected chi connectivity index (χ4v) is 3.16. The molecule has 0 aliphatic carbocycles. The van der Waals surface area contributed by atoms with E-state index in [4.69, 9.17) is 22.1 Å². The number of aromatic nitrogens is 2. The van der Waals surface area contributed by atoms with Gasteiger partial charge in [0.1, 0.15) is 12.4 Å². The number of carbonyl (C=O) groups is 1. The summed E-state index contributed by atoms with van der Waals surface area (Å²) in [5.41, 5.74) is 7.00. The third-order valence-electron chi connectivity index (χ3n) is 3.16. The number of anilines is 1. The number of halogens is 1. The molecule has 0 fully saturated rings. The Hall–Kier alpha value is -2.84. The van der Waals surface area contributed by atoms with E-state index < -0.39 is 0 Å². The Kier molecular flexibility index (Phi) is 7.84. The van der Waals surface area contributed by atoms with E-state index in [2.05, 4.69) is 27.2 Å². The summed E-state index contributed by atoms with van der Waals surface area (Å²) in [4.78, 5) is 21.2. The molecule has 0 saturated heterocycles. The van der Waals surface area contributed by atoms with Crippen LogP contribution in [0.4, 0.5) is 9.93 Å². The molecule has 9 heteroatoms. The third-order valence-corrected chi connectivity index (χ3v) is 4.39. The Morgan fingerprint density at radius 1 is 1.52 bits per heavy atom. The van der Waals surface area contributed by atoms with Gasteiger partial charge >= 0.3 is 6.03 Å². The molecule has 0 aliphatic heterocycles. The topological polar surface area (TPSA) is 102 Å². The molecular weight excluding hydrogens is 386 g/mol. The molecule has 2 rings (SSSR count). The standard InChI is InChI=1S/C18H20ClN5O2S/c1-12(19)10-14(5-6-20)16-13(2)23-18(27-16)24-17(25)22-8-9-26-15-4-3-7-21-11-15/h3-7,10-11H,1,8-9,20H2,2H3,(H2,22,23,24,25)/b6-5-,14-10+. The van der Waals surface area contributed by atoms with E-state index in [1.165, 1.54) is 17.5 Å². The monoisotopic (exact) mass is 405 g/mol. The van der Waals surface area contributed by atoms with Crippen molar-refractivity contribution in [3.63, 3.8) is 0 Å². The Bertz CT molecular complexity index is 849. The van der Waals surface area contributed by atoms with Gasteiger partial charge in [-0.1, -0.05) is 29.5 Å². The number of hydrogen-bond donors (Lipinski definition) is 3. The van der Waals surface area contributed by atoms with Gasteiger partial charge in [0.15, 0.2) is 5.13 Å². The van der Waals surface area contributed by atoms with Crippen molar-refractivity contribution >= 4 is 39.7 Å². The number of rotatable bonds is 8. The summed E-state index contributed by atoms with van der Waals surface area (Å²) >= 11 is 7.18. The SMILES string of the molecule is C=C(Cl)/C=C(\C=C/N)c1sc(NC(=O)NCCOc2cccnc2)nc1C. The Morgan fingerprint density at radius 2 is 2.33 bits per heavy atom. The number of hydrogen-bond acceptors (Lipinski definition) is 6. The first kappa shape index (κ1) is 20.5. The minimum Gasteiger partial charge on any atom is -0.490 e. The molecular formula is C18H20ClN5O2S. The van der Waals surface area contributed by atoms with E-state index in [0.717, 1.165) is 16.1 Å². The van der Waals surface area contributed by atoms with Gasteiger partial charge in [0.25, 0.3) is 0 Å². The van der Waals surface area contributed by atoms with Gasteiger partial charge < -0.3 is 15.8 Å². The Labute approximate surface area is 166 Å². The molecule has 27 heavy (non-hydrogen) atoms. The number of thiazole rings is 1. The zero-order valence-corrected chi connectivity index (χ0v) is 16.3. The predicted molar refractivity (Wildman–Crippen MR) is 110 cm³/mol. The number of urea groups is 1. The molecule has 0 atom stereocenters. The molecule has 0 aromatic carbocycles. The Balaban J connectivity index is 1.89. The number of nitrogens with zero attached hydrogens (tertiary/aromatic N) is 2. The zero-order valence-electron chi connectivity index (χ0n) is 14.7. The highest BCUT2D eigenvalue weighted by molar-refractivity contribution is 7.17. The molecule has 0 radical (unpaired) electrons. The molecule has 2 aromatic rings. The van der Waals surface area contributed by atoms with E-state index >= 15 is 0 Å². The van der Waals surface area contributed by atoms with E-state index in [-0.39, 0.29) is 6.03 Å². The molecule has 0 unspecified atom stereocenters. The number of carbonyl (C=O) groups excluding carboxylic acids is 1. The van der Waals surface area contributed by atoms with Crippen molar-refractivity contribution < 1.29 is 9.53 Å². The van der Waals surface area contributed by atoms with Crippen molar-refractivity contribution in [2.75, 3.05) is 18.5 Å². The van der Waals surface area contributed by atoms with Crippen LogP contribution in [0.3, 0.4) is 0 Å². The maximum atomic E-state index is 12.0. The highest BCUT2D eigenvalue weighted by Crippen LogP contribution is 2.31. The fourth-order valence-electron chi connectivity index (χ4n) is 2.09. The fraction of sp³-hybridized carbons (Fsp3) is 0.167. The van der Waals surface area contributed by atoms with E-state index in [0.29, 0.717) is 29.1 Å². The average Bonchev–Trinajstić information content (AvgIpc) is 2.99. The summed E-state index contributed by atoms with van der Waals surface area (Å²) < 4.78 is 5.46. The van der Waals surface area contributed by atoms with Crippen molar-refractivity contribution in [2.45, 2.75) is 6.92 Å². The van der Waals surface area contributed by atoms with Gasteiger partial charge in [0.2, 0.25) is 0 Å². The predicted octanol–water partition coefficient (Wildman–Crippen LogP) is 3.66. The van der Waals surface area contributed by atoms with Crippen LogP contribution in [0.25, 0.3) is 5.57 Å². The first-order valence-electron chi connectivity index (χ1n) is 7.99. The quantitative estimate of drug-likeness (QED) is 0.459. The molecule has 0 aliphatic rings. The molecule has 4 N–H and O–H groups in total. The third kappa shape index (κ3) is 6.76. The lowest BCUT2D eigenvalue weighted by atomic mass is 10.2. The number of nitrogens with two attached hydrogens (primary N) is 1. The van der Waals surface area contributed by atoms with Crippen molar-refractivity contribution in [2.24, 2.45) is 5.73 Å². The van der Waals surface area contributed by atoms with Crippen molar-refractivity contribution in [1.29, 1.82) is 0 Å². The molecule has 0 saturated carbocycles. The highest BCUT2D eigenvalue weighted by atomic mass is 35.5. The average molecular weight is 406 g/mol. The molecule has 7 nitrogen and oxygen atoms in total. The van der Waals surface area contributed by atoms with Gasteiger partial charge in [-0.15, -0.1) is 0 Å². The normalized spacial score (nSPS) is 11.4. The first-order chi connectivity index (χ1) is 13.0. The molecule has 2 aromatic heterocycles. The van der Waals surface area contributed by atoms with Gasteiger partial charge in [-0.25, -0.2) is 9.78 Å². The highest BCUT2D eigenvalue weighted by Gasteiger charge is 2.12. The van der Waals surface area contributed by atoms with E-state index in [1.54, 1.807) is 36.7 Å². The lowest BCUT2D eigenvalue weighted by molar-refractivity contribution is 0.247. The van der Waals surface area contributed by atoms with Crippen molar-refractivity contribution in [3.8, 4) is 5.75 Å². The van der Waals surface area contributed by atoms with Crippen LogP contribution in [0.5, 0.6) is 5.75 Å². The van der Waals surface area contributed by atoms with Crippen LogP contribution in [0.1, 0.15) is 10.6 Å². The summed E-state index contributed by atoms with van der Waals surface area (Å²) in [5, 5.41) is 6.24. The lowest BCUT2D eigenvalue weighted by Crippen LogP contribution is -2.32. The molecule has 2 heterocycles. The number of allylic oxidation sites excluding steroid dienone is 4. The van der Waals surface area contributed by atoms with Crippen LogP contribution in [-0.2, 0) is 0 Å². The second-order valence-corrected chi connectivity index (χ2v) is 6.74. The van der Waals surface area contributed by atoms with E-state index in [9.17, 15) is 4.79 Å². The minimum atomic E-state index is -0.369. The summed E-state index contributed by atoms with van der Waals surface area (Å²) in [5.74, 6) is 0.646. The van der Waals surface area contributed by atoms with E-state index in [1.807, 2.05) is 6.92 Å². The van der Waals surface area contributed by atoms with Crippen LogP contribution < -0.4 is 21.1 Å². The van der Waals surface area contributed by atoms with Gasteiger partial charge in [-0.3, -0.25) is 10.3 Å². The van der Waals surface area contributed by atoms with Crippen molar-refractivity contribution in [3.05, 3.63) is 65.1 Å². The Morgan fingerprint density at radius 3 is 3.00 bits per heavy atom. The minimum absolute atomic E-state index is 0.327. The number of amides is 2. The maximum absolute atomic E-state index is 12.0. The molecule has 0 bridgehead atoms. The van der Waals surface area contributed by atoms with Crippen LogP contribution in [0.2, 0.25) is 0 Å². The zero-order chi connectivity index (χ0) is 19.6. The summed E-state index contributed by atoms with van der Waals surface area (Å²) in [6.45, 7) is 6.16.